The van der Waals surface area contributed by atoms with Crippen molar-refractivity contribution in [3.8, 4) is 11.1 Å². The smallest absolute Gasteiger partial charge is 0.272 e. The van der Waals surface area contributed by atoms with Crippen LogP contribution in [0.3, 0.4) is 0 Å². The van der Waals surface area contributed by atoms with Gasteiger partial charge in [0.15, 0.2) is 0 Å². The van der Waals surface area contributed by atoms with Crippen LogP contribution in [-0.2, 0) is 11.8 Å². The zero-order chi connectivity index (χ0) is 20.1. The number of hydrogen-bond acceptors (Lipinski definition) is 6. The number of ether oxygens (including phenoxy) is 1. The van der Waals surface area contributed by atoms with Gasteiger partial charge in [0.25, 0.3) is 5.91 Å². The molecule has 0 atom stereocenters. The fourth-order valence-corrected chi connectivity index (χ4v) is 3.71. The molecular formula is C21H20N6O2. The van der Waals surface area contributed by atoms with Crippen LogP contribution in [0.15, 0.2) is 42.7 Å². The number of nitrogen functional groups attached to an aromatic ring is 1. The van der Waals surface area contributed by atoms with Gasteiger partial charge in [0.2, 0.25) is 0 Å². The van der Waals surface area contributed by atoms with Crippen LogP contribution < -0.4 is 5.73 Å². The first kappa shape index (κ1) is 17.6. The molecule has 3 aromatic heterocycles. The van der Waals surface area contributed by atoms with Gasteiger partial charge in [0.1, 0.15) is 11.5 Å². The van der Waals surface area contributed by atoms with E-state index in [1.807, 2.05) is 42.2 Å². The van der Waals surface area contributed by atoms with Crippen molar-refractivity contribution in [2.24, 2.45) is 7.05 Å². The molecule has 0 spiro atoms. The van der Waals surface area contributed by atoms with Crippen molar-refractivity contribution < 1.29 is 9.53 Å². The van der Waals surface area contributed by atoms with Crippen molar-refractivity contribution in [3.63, 3.8) is 0 Å². The van der Waals surface area contributed by atoms with Crippen LogP contribution in [0.5, 0.6) is 0 Å². The van der Waals surface area contributed by atoms with E-state index in [4.69, 9.17) is 10.5 Å². The number of nitrogens with two attached hydrogens (primary N) is 1. The van der Waals surface area contributed by atoms with Gasteiger partial charge < -0.3 is 15.4 Å². The Balaban J connectivity index is 1.61. The third-order valence-corrected chi connectivity index (χ3v) is 5.50. The van der Waals surface area contributed by atoms with E-state index in [2.05, 4.69) is 15.1 Å². The monoisotopic (exact) mass is 388 g/mol. The molecule has 0 aliphatic carbocycles. The summed E-state index contributed by atoms with van der Waals surface area (Å²) in [6.45, 7) is 1.16. The van der Waals surface area contributed by atoms with E-state index in [-0.39, 0.29) is 12.0 Å². The van der Waals surface area contributed by atoms with Crippen molar-refractivity contribution in [2.45, 2.75) is 6.10 Å². The predicted octanol–water partition coefficient (Wildman–Crippen LogP) is 2.24. The van der Waals surface area contributed by atoms with E-state index in [9.17, 15) is 4.79 Å². The summed E-state index contributed by atoms with van der Waals surface area (Å²) in [4.78, 5) is 23.5. The van der Waals surface area contributed by atoms with Crippen molar-refractivity contribution >= 4 is 33.5 Å². The molecule has 1 aliphatic rings. The Labute approximate surface area is 166 Å². The number of anilines is 1. The average molecular weight is 388 g/mol. The number of carbonyl (C=O) groups is 1. The highest BCUT2D eigenvalue weighted by molar-refractivity contribution is 6.03. The van der Waals surface area contributed by atoms with Crippen molar-refractivity contribution in [1.29, 1.82) is 0 Å². The molecule has 8 heteroatoms. The standard InChI is InChI=1S/C21H20N6O2/c1-26-18-6-3-12(7-13(18)8-24-26)16-9-23-20(22)15-4-5-17(25-19(15)16)21(28)27-10-14(11-27)29-2/h3-9,14H,10-11H2,1-2H3,(H2,22,23). The molecule has 1 saturated heterocycles. The summed E-state index contributed by atoms with van der Waals surface area (Å²) in [6, 6.07) is 9.59. The summed E-state index contributed by atoms with van der Waals surface area (Å²) in [6.07, 6.45) is 3.63. The lowest BCUT2D eigenvalue weighted by atomic mass is 10.0. The summed E-state index contributed by atoms with van der Waals surface area (Å²) < 4.78 is 7.08. The molecule has 0 unspecified atom stereocenters. The second-order valence-corrected chi connectivity index (χ2v) is 7.26. The quantitative estimate of drug-likeness (QED) is 0.578. The van der Waals surface area contributed by atoms with E-state index in [1.165, 1.54) is 0 Å². The summed E-state index contributed by atoms with van der Waals surface area (Å²) >= 11 is 0. The molecule has 146 valence electrons. The van der Waals surface area contributed by atoms with Crippen molar-refractivity contribution in [3.05, 3.63) is 48.4 Å². The van der Waals surface area contributed by atoms with Crippen LogP contribution in [-0.4, -0.2) is 56.9 Å². The summed E-state index contributed by atoms with van der Waals surface area (Å²) in [5.74, 6) is 0.283. The topological polar surface area (TPSA) is 99.2 Å². The fourth-order valence-electron chi connectivity index (χ4n) is 3.71. The zero-order valence-corrected chi connectivity index (χ0v) is 16.2. The van der Waals surface area contributed by atoms with Gasteiger partial charge in [0, 0.05) is 49.8 Å². The molecular weight excluding hydrogens is 368 g/mol. The van der Waals surface area contributed by atoms with Gasteiger partial charge in [-0.25, -0.2) is 9.97 Å². The van der Waals surface area contributed by atoms with Crippen LogP contribution in [0, 0.1) is 0 Å². The number of fused-ring (bicyclic) bond motifs is 2. The van der Waals surface area contributed by atoms with E-state index < -0.39 is 0 Å². The van der Waals surface area contributed by atoms with Gasteiger partial charge in [-0.3, -0.25) is 9.48 Å². The lowest BCUT2D eigenvalue weighted by Gasteiger charge is -2.37. The number of methoxy groups -OCH3 is 1. The molecule has 29 heavy (non-hydrogen) atoms. The SMILES string of the molecule is COC1CN(C(=O)c2ccc3c(N)ncc(-c4ccc5c(cnn5C)c4)c3n2)C1. The molecule has 4 heterocycles. The summed E-state index contributed by atoms with van der Waals surface area (Å²) in [5, 5.41) is 6.04. The van der Waals surface area contributed by atoms with Gasteiger partial charge in [-0.1, -0.05) is 6.07 Å². The molecule has 0 bridgehead atoms. The minimum absolute atomic E-state index is 0.0982. The highest BCUT2D eigenvalue weighted by Gasteiger charge is 2.31. The average Bonchev–Trinajstić information content (AvgIpc) is 3.07. The molecule has 1 aromatic carbocycles. The van der Waals surface area contributed by atoms with Gasteiger partial charge in [-0.2, -0.15) is 5.10 Å². The fraction of sp³-hybridized carbons (Fsp3) is 0.238. The lowest BCUT2D eigenvalue weighted by molar-refractivity contribution is -0.0194. The van der Waals surface area contributed by atoms with E-state index in [0.717, 1.165) is 27.4 Å². The Kier molecular flexibility index (Phi) is 3.95. The van der Waals surface area contributed by atoms with Crippen LogP contribution in [0.25, 0.3) is 32.9 Å². The number of benzene rings is 1. The molecule has 1 aliphatic heterocycles. The molecule has 5 rings (SSSR count). The number of pyridine rings is 2. The van der Waals surface area contributed by atoms with Crippen molar-refractivity contribution in [2.75, 3.05) is 25.9 Å². The number of amides is 1. The zero-order valence-electron chi connectivity index (χ0n) is 16.2. The normalized spacial score (nSPS) is 14.5. The Morgan fingerprint density at radius 1 is 1.21 bits per heavy atom. The van der Waals surface area contributed by atoms with Gasteiger partial charge in [0.05, 0.1) is 23.3 Å². The molecule has 2 N–H and O–H groups in total. The second kappa shape index (κ2) is 6.52. The van der Waals surface area contributed by atoms with Crippen LogP contribution in [0.2, 0.25) is 0 Å². The first-order chi connectivity index (χ1) is 14.0. The van der Waals surface area contributed by atoms with Gasteiger partial charge in [-0.05, 0) is 29.8 Å². The van der Waals surface area contributed by atoms with Crippen molar-refractivity contribution in [1.82, 2.24) is 24.6 Å². The Morgan fingerprint density at radius 2 is 2.03 bits per heavy atom. The molecule has 1 fully saturated rings. The number of aryl methyl sites for hydroxylation is 1. The third kappa shape index (κ3) is 2.80. The Hall–Kier alpha value is -3.52. The van der Waals surface area contributed by atoms with E-state index in [1.54, 1.807) is 24.3 Å². The largest absolute Gasteiger partial charge is 0.383 e. The van der Waals surface area contributed by atoms with E-state index >= 15 is 0 Å². The number of nitrogens with zero attached hydrogens (tertiary/aromatic N) is 5. The highest BCUT2D eigenvalue weighted by Crippen LogP contribution is 2.31. The Morgan fingerprint density at radius 3 is 2.83 bits per heavy atom. The number of hydrogen-bond donors (Lipinski definition) is 1. The second-order valence-electron chi connectivity index (χ2n) is 7.26. The minimum atomic E-state index is -0.107. The molecule has 0 saturated carbocycles. The molecule has 1 amide bonds. The third-order valence-electron chi connectivity index (χ3n) is 5.50. The summed E-state index contributed by atoms with van der Waals surface area (Å²) in [7, 11) is 3.56. The van der Waals surface area contributed by atoms with Gasteiger partial charge >= 0.3 is 0 Å². The molecule has 0 radical (unpaired) electrons. The highest BCUT2D eigenvalue weighted by atomic mass is 16.5. The number of likely N-dealkylation sites (tertiary alicyclic amines) is 1. The first-order valence-electron chi connectivity index (χ1n) is 9.34. The predicted molar refractivity (Wildman–Crippen MR) is 110 cm³/mol. The molecule has 8 nitrogen and oxygen atoms in total. The maximum Gasteiger partial charge on any atom is 0.272 e. The lowest BCUT2D eigenvalue weighted by Crippen LogP contribution is -2.54. The maximum atomic E-state index is 12.8. The van der Waals surface area contributed by atoms with Crippen LogP contribution in [0.4, 0.5) is 5.82 Å². The van der Waals surface area contributed by atoms with E-state index in [0.29, 0.717) is 30.1 Å². The first-order valence-corrected chi connectivity index (χ1v) is 9.34. The molecule has 4 aromatic rings. The van der Waals surface area contributed by atoms with Crippen LogP contribution in [0.1, 0.15) is 10.5 Å². The number of carbonyl (C=O) groups excluding carboxylic acids is 1. The van der Waals surface area contributed by atoms with Crippen LogP contribution >= 0.6 is 0 Å². The van der Waals surface area contributed by atoms with Gasteiger partial charge in [-0.15, -0.1) is 0 Å². The number of rotatable bonds is 3. The minimum Gasteiger partial charge on any atom is -0.383 e. The summed E-state index contributed by atoms with van der Waals surface area (Å²) in [5.41, 5.74) is 9.95. The number of aromatic nitrogens is 4. The Bertz CT molecular complexity index is 1260. The maximum absolute atomic E-state index is 12.8.